The number of methoxy groups -OCH3 is 1. The summed E-state index contributed by atoms with van der Waals surface area (Å²) < 4.78 is 5.16. The van der Waals surface area contributed by atoms with E-state index in [0.29, 0.717) is 13.0 Å². The van der Waals surface area contributed by atoms with Gasteiger partial charge in [-0.1, -0.05) is 12.1 Å². The molecule has 0 bridgehead atoms. The van der Waals surface area contributed by atoms with Gasteiger partial charge in [0, 0.05) is 56.0 Å². The molecule has 26 heavy (non-hydrogen) atoms. The van der Waals surface area contributed by atoms with Gasteiger partial charge in [0.1, 0.15) is 11.6 Å². The number of nitrogens with one attached hydrogen (secondary N) is 1. The molecule has 136 valence electrons. The van der Waals surface area contributed by atoms with Crippen LogP contribution in [0.2, 0.25) is 0 Å². The van der Waals surface area contributed by atoms with E-state index in [-0.39, 0.29) is 11.8 Å². The highest BCUT2D eigenvalue weighted by Gasteiger charge is 2.29. The number of carbonyl (C=O) groups excluding carboxylic acids is 1. The van der Waals surface area contributed by atoms with Gasteiger partial charge in [0.2, 0.25) is 5.91 Å². The molecule has 1 fully saturated rings. The summed E-state index contributed by atoms with van der Waals surface area (Å²) in [7, 11) is 1.64. The minimum Gasteiger partial charge on any atom is -0.497 e. The number of hydrogen-bond acceptors (Lipinski definition) is 5. The maximum Gasteiger partial charge on any atom is 0.227 e. The molecule has 1 amide bonds. The van der Waals surface area contributed by atoms with Crippen LogP contribution >= 0.6 is 0 Å². The van der Waals surface area contributed by atoms with Crippen LogP contribution in [0.3, 0.4) is 0 Å². The van der Waals surface area contributed by atoms with E-state index >= 15 is 0 Å². The van der Waals surface area contributed by atoms with Crippen molar-refractivity contribution in [1.82, 2.24) is 20.2 Å². The summed E-state index contributed by atoms with van der Waals surface area (Å²) in [6.07, 6.45) is 4.27. The van der Waals surface area contributed by atoms with Crippen molar-refractivity contribution in [3.05, 3.63) is 53.1 Å². The lowest BCUT2D eigenvalue weighted by Gasteiger charge is -2.19. The van der Waals surface area contributed by atoms with Gasteiger partial charge in [-0.25, -0.2) is 9.97 Å². The first-order chi connectivity index (χ1) is 12.7. The number of rotatable bonds is 4. The van der Waals surface area contributed by atoms with Crippen molar-refractivity contribution in [2.75, 3.05) is 26.7 Å². The van der Waals surface area contributed by atoms with Crippen LogP contribution in [0, 0.1) is 0 Å². The van der Waals surface area contributed by atoms with E-state index in [1.165, 1.54) is 5.56 Å². The summed E-state index contributed by atoms with van der Waals surface area (Å²) in [5.41, 5.74) is 3.37. The van der Waals surface area contributed by atoms with E-state index < -0.39 is 0 Å². The Morgan fingerprint density at radius 1 is 1.35 bits per heavy atom. The number of ether oxygens (including phenoxy) is 1. The first kappa shape index (κ1) is 17.0. The molecule has 1 atom stereocenters. The lowest BCUT2D eigenvalue weighted by Crippen LogP contribution is -2.30. The molecule has 1 aromatic carbocycles. The van der Waals surface area contributed by atoms with Crippen LogP contribution in [0.25, 0.3) is 0 Å². The van der Waals surface area contributed by atoms with Crippen LogP contribution in [0.1, 0.15) is 35.0 Å². The lowest BCUT2D eigenvalue weighted by molar-refractivity contribution is -0.129. The third-order valence-corrected chi connectivity index (χ3v) is 5.25. The zero-order valence-corrected chi connectivity index (χ0v) is 15.1. The first-order valence-electron chi connectivity index (χ1n) is 9.19. The number of nitrogens with zero attached hydrogens (tertiary/aromatic N) is 3. The monoisotopic (exact) mass is 352 g/mol. The topological polar surface area (TPSA) is 67.3 Å². The SMILES string of the molecule is COc1ccc(CC(=O)N2CCC(c3ncc4c(n3)CCNC4)C2)cc1. The fourth-order valence-electron chi connectivity index (χ4n) is 3.68. The highest BCUT2D eigenvalue weighted by molar-refractivity contribution is 5.79. The normalized spacial score (nSPS) is 19.3. The molecule has 6 heteroatoms. The Labute approximate surface area is 153 Å². The van der Waals surface area contributed by atoms with Gasteiger partial charge in [-0.05, 0) is 24.1 Å². The largest absolute Gasteiger partial charge is 0.497 e. The average Bonchev–Trinajstić information content (AvgIpc) is 3.18. The second-order valence-corrected chi connectivity index (χ2v) is 6.98. The van der Waals surface area contributed by atoms with E-state index in [9.17, 15) is 4.79 Å². The number of likely N-dealkylation sites (tertiary alicyclic amines) is 1. The van der Waals surface area contributed by atoms with E-state index in [1.807, 2.05) is 35.4 Å². The summed E-state index contributed by atoms with van der Waals surface area (Å²) in [5.74, 6) is 2.11. The predicted molar refractivity (Wildman–Crippen MR) is 98.1 cm³/mol. The molecular formula is C20H24N4O2. The highest BCUT2D eigenvalue weighted by Crippen LogP contribution is 2.26. The molecule has 0 aliphatic carbocycles. The Kier molecular flexibility index (Phi) is 4.84. The Bertz CT molecular complexity index is 791. The highest BCUT2D eigenvalue weighted by atomic mass is 16.5. The zero-order valence-electron chi connectivity index (χ0n) is 15.1. The van der Waals surface area contributed by atoms with Crippen LogP contribution in [0.4, 0.5) is 0 Å². The number of carbonyl (C=O) groups is 1. The molecule has 0 spiro atoms. The maximum absolute atomic E-state index is 12.6. The Morgan fingerprint density at radius 2 is 2.19 bits per heavy atom. The number of aromatic nitrogens is 2. The van der Waals surface area contributed by atoms with Gasteiger partial charge in [-0.3, -0.25) is 4.79 Å². The third kappa shape index (κ3) is 3.55. The second kappa shape index (κ2) is 7.41. The molecule has 0 radical (unpaired) electrons. The molecular weight excluding hydrogens is 328 g/mol. The van der Waals surface area contributed by atoms with Crippen molar-refractivity contribution >= 4 is 5.91 Å². The van der Waals surface area contributed by atoms with Crippen LogP contribution in [-0.2, 0) is 24.2 Å². The molecule has 2 aromatic rings. The molecule has 2 aliphatic rings. The second-order valence-electron chi connectivity index (χ2n) is 6.98. The Balaban J connectivity index is 1.39. The van der Waals surface area contributed by atoms with Gasteiger partial charge in [0.15, 0.2) is 0 Å². The first-order valence-corrected chi connectivity index (χ1v) is 9.19. The molecule has 2 aliphatic heterocycles. The van der Waals surface area contributed by atoms with Gasteiger partial charge in [0.05, 0.1) is 13.5 Å². The summed E-state index contributed by atoms with van der Waals surface area (Å²) in [4.78, 5) is 23.9. The quantitative estimate of drug-likeness (QED) is 0.907. The minimum atomic E-state index is 0.167. The minimum absolute atomic E-state index is 0.167. The fourth-order valence-corrected chi connectivity index (χ4v) is 3.68. The van der Waals surface area contributed by atoms with Crippen molar-refractivity contribution in [1.29, 1.82) is 0 Å². The summed E-state index contributed by atoms with van der Waals surface area (Å²) in [6.45, 7) is 3.32. The number of fused-ring (bicyclic) bond motifs is 1. The fraction of sp³-hybridized carbons (Fsp3) is 0.450. The van der Waals surface area contributed by atoms with Crippen molar-refractivity contribution in [2.45, 2.75) is 31.7 Å². The van der Waals surface area contributed by atoms with Crippen LogP contribution in [0.15, 0.2) is 30.5 Å². The van der Waals surface area contributed by atoms with Crippen LogP contribution in [-0.4, -0.2) is 47.5 Å². The molecule has 1 aromatic heterocycles. The zero-order chi connectivity index (χ0) is 17.9. The smallest absolute Gasteiger partial charge is 0.227 e. The summed E-state index contributed by atoms with van der Waals surface area (Å²) in [5, 5.41) is 3.34. The Morgan fingerprint density at radius 3 is 3.00 bits per heavy atom. The van der Waals surface area contributed by atoms with Gasteiger partial charge >= 0.3 is 0 Å². The van der Waals surface area contributed by atoms with Crippen molar-refractivity contribution in [3.8, 4) is 5.75 Å². The number of benzene rings is 1. The molecule has 6 nitrogen and oxygen atoms in total. The van der Waals surface area contributed by atoms with E-state index in [0.717, 1.165) is 55.3 Å². The lowest BCUT2D eigenvalue weighted by atomic mass is 10.1. The summed E-state index contributed by atoms with van der Waals surface area (Å²) >= 11 is 0. The van der Waals surface area contributed by atoms with Gasteiger partial charge < -0.3 is 15.0 Å². The predicted octanol–water partition coefficient (Wildman–Crippen LogP) is 1.69. The van der Waals surface area contributed by atoms with E-state index in [2.05, 4.69) is 10.3 Å². The maximum atomic E-state index is 12.6. The average molecular weight is 352 g/mol. The Hall–Kier alpha value is -2.47. The molecule has 3 heterocycles. The summed E-state index contributed by atoms with van der Waals surface area (Å²) in [6, 6.07) is 7.69. The molecule has 1 unspecified atom stereocenters. The third-order valence-electron chi connectivity index (χ3n) is 5.25. The number of hydrogen-bond donors (Lipinski definition) is 1. The van der Waals surface area contributed by atoms with Crippen molar-refractivity contribution in [2.24, 2.45) is 0 Å². The van der Waals surface area contributed by atoms with Crippen molar-refractivity contribution < 1.29 is 9.53 Å². The van der Waals surface area contributed by atoms with Gasteiger partial charge in [-0.15, -0.1) is 0 Å². The van der Waals surface area contributed by atoms with Gasteiger partial charge in [0.25, 0.3) is 0 Å². The van der Waals surface area contributed by atoms with Crippen LogP contribution < -0.4 is 10.1 Å². The molecule has 4 rings (SSSR count). The molecule has 0 saturated carbocycles. The van der Waals surface area contributed by atoms with Crippen LogP contribution in [0.5, 0.6) is 5.75 Å². The standard InChI is InChI=1S/C20H24N4O2/c1-26-17-4-2-14(3-5-17)10-19(25)24-9-7-15(13-24)20-22-12-16-11-21-8-6-18(16)23-20/h2-5,12,15,21H,6-11,13H2,1H3. The molecule has 1 N–H and O–H groups in total. The number of amides is 1. The molecule has 1 saturated heterocycles. The van der Waals surface area contributed by atoms with Crippen molar-refractivity contribution in [3.63, 3.8) is 0 Å². The van der Waals surface area contributed by atoms with E-state index in [1.54, 1.807) is 7.11 Å². The van der Waals surface area contributed by atoms with Gasteiger partial charge in [-0.2, -0.15) is 0 Å². The van der Waals surface area contributed by atoms with E-state index in [4.69, 9.17) is 9.72 Å².